The van der Waals surface area contributed by atoms with Gasteiger partial charge in [-0.1, -0.05) is 27.5 Å². The van der Waals surface area contributed by atoms with Crippen molar-refractivity contribution in [2.75, 3.05) is 7.11 Å². The average molecular weight is 282 g/mol. The van der Waals surface area contributed by atoms with E-state index in [9.17, 15) is 9.18 Å². The molecule has 0 saturated heterocycles. The minimum Gasteiger partial charge on any atom is -0.465 e. The van der Waals surface area contributed by atoms with E-state index in [0.29, 0.717) is 10.9 Å². The summed E-state index contributed by atoms with van der Waals surface area (Å²) in [6, 6.07) is 2.26. The van der Waals surface area contributed by atoms with Crippen LogP contribution in [-0.4, -0.2) is 13.1 Å². The summed E-state index contributed by atoms with van der Waals surface area (Å²) >= 11 is 8.92. The lowest BCUT2D eigenvalue weighted by molar-refractivity contribution is 0.0599. The van der Waals surface area contributed by atoms with Crippen LogP contribution in [0.3, 0.4) is 0 Å². The number of hydrogen-bond donors (Lipinski definition) is 0. The number of hydrogen-bond acceptors (Lipinski definition) is 2. The van der Waals surface area contributed by atoms with Crippen molar-refractivity contribution in [2.45, 2.75) is 5.33 Å². The maximum atomic E-state index is 12.9. The first kappa shape index (κ1) is 11.5. The fourth-order valence-electron chi connectivity index (χ4n) is 1.03. The molecule has 0 aliphatic carbocycles. The Morgan fingerprint density at radius 3 is 2.79 bits per heavy atom. The van der Waals surface area contributed by atoms with Crippen LogP contribution in [0, 0.1) is 5.82 Å². The lowest BCUT2D eigenvalue weighted by Gasteiger charge is -2.07. The molecule has 0 aliphatic heterocycles. The summed E-state index contributed by atoms with van der Waals surface area (Å²) in [6.45, 7) is 0. The number of ether oxygens (including phenoxy) is 1. The third-order valence-corrected chi connectivity index (χ3v) is 2.60. The number of halogens is 3. The van der Waals surface area contributed by atoms with Crippen LogP contribution in [0.1, 0.15) is 15.9 Å². The molecule has 0 fully saturated rings. The molecule has 0 bridgehead atoms. The van der Waals surface area contributed by atoms with Gasteiger partial charge in [0.05, 0.1) is 12.7 Å². The van der Waals surface area contributed by atoms with E-state index in [1.807, 2.05) is 0 Å². The van der Waals surface area contributed by atoms with E-state index in [4.69, 9.17) is 11.6 Å². The Labute approximate surface area is 94.1 Å². The van der Waals surface area contributed by atoms with Gasteiger partial charge in [0.15, 0.2) is 0 Å². The molecule has 1 aromatic rings. The first-order valence-electron chi connectivity index (χ1n) is 3.72. The van der Waals surface area contributed by atoms with Crippen molar-refractivity contribution in [1.29, 1.82) is 0 Å². The van der Waals surface area contributed by atoms with Crippen LogP contribution in [0.5, 0.6) is 0 Å². The SMILES string of the molecule is COC(=O)c1cc(F)cc(Cl)c1CBr. The summed E-state index contributed by atoms with van der Waals surface area (Å²) in [4.78, 5) is 11.2. The molecule has 0 heterocycles. The van der Waals surface area contributed by atoms with E-state index in [1.54, 1.807) is 0 Å². The summed E-state index contributed by atoms with van der Waals surface area (Å²) in [5, 5.41) is 0.582. The predicted molar refractivity (Wildman–Crippen MR) is 55.4 cm³/mol. The first-order chi connectivity index (χ1) is 6.60. The number of benzene rings is 1. The highest BCUT2D eigenvalue weighted by atomic mass is 79.9. The average Bonchev–Trinajstić information content (AvgIpc) is 2.15. The second-order valence-corrected chi connectivity index (χ2v) is 3.51. The molecule has 0 unspecified atom stereocenters. The van der Waals surface area contributed by atoms with Crippen LogP contribution in [0.2, 0.25) is 5.02 Å². The quantitative estimate of drug-likeness (QED) is 0.615. The Morgan fingerprint density at radius 2 is 2.29 bits per heavy atom. The maximum absolute atomic E-state index is 12.9. The lowest BCUT2D eigenvalue weighted by Crippen LogP contribution is -2.06. The highest BCUT2D eigenvalue weighted by Crippen LogP contribution is 2.24. The molecule has 0 saturated carbocycles. The predicted octanol–water partition coefficient (Wildman–Crippen LogP) is 3.16. The van der Waals surface area contributed by atoms with Crippen LogP contribution in [0.4, 0.5) is 4.39 Å². The third-order valence-electron chi connectivity index (χ3n) is 1.70. The number of methoxy groups -OCH3 is 1. The van der Waals surface area contributed by atoms with Gasteiger partial charge in [0.1, 0.15) is 5.82 Å². The highest BCUT2D eigenvalue weighted by molar-refractivity contribution is 9.08. The Balaban J connectivity index is 3.32. The molecule has 76 valence electrons. The molecular formula is C9H7BrClFO2. The maximum Gasteiger partial charge on any atom is 0.338 e. The standard InChI is InChI=1S/C9H7BrClFO2/c1-14-9(13)6-2-5(12)3-8(11)7(6)4-10/h2-3H,4H2,1H3. The van der Waals surface area contributed by atoms with Gasteiger partial charge in [-0.25, -0.2) is 9.18 Å². The number of esters is 1. The Bertz CT molecular complexity index is 368. The summed E-state index contributed by atoms with van der Waals surface area (Å²) in [5.74, 6) is -1.15. The van der Waals surface area contributed by atoms with Gasteiger partial charge < -0.3 is 4.74 Å². The van der Waals surface area contributed by atoms with Crippen molar-refractivity contribution in [3.63, 3.8) is 0 Å². The van der Waals surface area contributed by atoms with E-state index in [2.05, 4.69) is 20.7 Å². The summed E-state index contributed by atoms with van der Waals surface area (Å²) in [5.41, 5.74) is 0.675. The first-order valence-corrected chi connectivity index (χ1v) is 5.22. The molecule has 14 heavy (non-hydrogen) atoms. The molecule has 0 N–H and O–H groups in total. The van der Waals surface area contributed by atoms with Crippen LogP contribution in [0.25, 0.3) is 0 Å². The zero-order chi connectivity index (χ0) is 10.7. The topological polar surface area (TPSA) is 26.3 Å². The van der Waals surface area contributed by atoms with Crippen LogP contribution in [0.15, 0.2) is 12.1 Å². The molecule has 0 radical (unpaired) electrons. The molecule has 1 aromatic carbocycles. The van der Waals surface area contributed by atoms with E-state index in [-0.39, 0.29) is 10.6 Å². The number of carbonyl (C=O) groups is 1. The smallest absolute Gasteiger partial charge is 0.338 e. The zero-order valence-electron chi connectivity index (χ0n) is 7.31. The molecule has 1 rings (SSSR count). The van der Waals surface area contributed by atoms with Gasteiger partial charge in [0, 0.05) is 10.4 Å². The molecule has 0 amide bonds. The summed E-state index contributed by atoms with van der Waals surface area (Å²) in [6.07, 6.45) is 0. The number of alkyl halides is 1. The highest BCUT2D eigenvalue weighted by Gasteiger charge is 2.15. The minimum absolute atomic E-state index is 0.148. The lowest BCUT2D eigenvalue weighted by atomic mass is 10.1. The van der Waals surface area contributed by atoms with Crippen molar-refractivity contribution in [2.24, 2.45) is 0 Å². The largest absolute Gasteiger partial charge is 0.465 e. The van der Waals surface area contributed by atoms with E-state index < -0.39 is 11.8 Å². The van der Waals surface area contributed by atoms with E-state index in [0.717, 1.165) is 12.1 Å². The molecule has 2 nitrogen and oxygen atoms in total. The van der Waals surface area contributed by atoms with E-state index in [1.165, 1.54) is 7.11 Å². The van der Waals surface area contributed by atoms with Gasteiger partial charge in [0.2, 0.25) is 0 Å². The minimum atomic E-state index is -0.596. The van der Waals surface area contributed by atoms with Crippen LogP contribution in [-0.2, 0) is 10.1 Å². The fourth-order valence-corrected chi connectivity index (χ4v) is 2.07. The van der Waals surface area contributed by atoms with Crippen molar-refractivity contribution in [1.82, 2.24) is 0 Å². The molecular weight excluding hydrogens is 274 g/mol. The molecule has 0 aromatic heterocycles. The van der Waals surface area contributed by atoms with Gasteiger partial charge in [-0.3, -0.25) is 0 Å². The fraction of sp³-hybridized carbons (Fsp3) is 0.222. The Morgan fingerprint density at radius 1 is 1.64 bits per heavy atom. The van der Waals surface area contributed by atoms with E-state index >= 15 is 0 Å². The normalized spacial score (nSPS) is 10.0. The van der Waals surface area contributed by atoms with Crippen molar-refractivity contribution < 1.29 is 13.9 Å². The van der Waals surface area contributed by atoms with Gasteiger partial charge >= 0.3 is 5.97 Å². The Kier molecular flexibility index (Phi) is 3.89. The molecule has 0 aliphatic rings. The molecule has 0 atom stereocenters. The second kappa shape index (κ2) is 4.75. The summed E-state index contributed by atoms with van der Waals surface area (Å²) < 4.78 is 17.4. The van der Waals surface area contributed by atoms with Crippen molar-refractivity contribution >= 4 is 33.5 Å². The zero-order valence-corrected chi connectivity index (χ0v) is 9.65. The summed E-state index contributed by atoms with van der Waals surface area (Å²) in [7, 11) is 1.24. The van der Waals surface area contributed by atoms with Crippen molar-refractivity contribution in [3.8, 4) is 0 Å². The number of carbonyl (C=O) groups excluding carboxylic acids is 1. The van der Waals surface area contributed by atoms with Crippen LogP contribution >= 0.6 is 27.5 Å². The third kappa shape index (κ3) is 2.25. The van der Waals surface area contributed by atoms with Gasteiger partial charge in [-0.2, -0.15) is 0 Å². The monoisotopic (exact) mass is 280 g/mol. The van der Waals surface area contributed by atoms with Gasteiger partial charge in [-0.05, 0) is 17.7 Å². The Hall–Kier alpha value is -0.610. The van der Waals surface area contributed by atoms with Crippen molar-refractivity contribution in [3.05, 3.63) is 34.1 Å². The van der Waals surface area contributed by atoms with Gasteiger partial charge in [0.25, 0.3) is 0 Å². The van der Waals surface area contributed by atoms with Crippen LogP contribution < -0.4 is 0 Å². The number of rotatable bonds is 2. The molecule has 0 spiro atoms. The molecule has 5 heteroatoms. The van der Waals surface area contributed by atoms with Gasteiger partial charge in [-0.15, -0.1) is 0 Å². The second-order valence-electron chi connectivity index (χ2n) is 2.54.